The molecule has 0 aromatic heterocycles. The highest BCUT2D eigenvalue weighted by Gasteiger charge is 2.55. The van der Waals surface area contributed by atoms with Gasteiger partial charge in [0.05, 0.1) is 0 Å². The number of ether oxygens (including phenoxy) is 1. The second-order valence-electron chi connectivity index (χ2n) is 9.97. The second-order valence-corrected chi connectivity index (χ2v) is 9.97. The zero-order valence-corrected chi connectivity index (χ0v) is 18.7. The van der Waals surface area contributed by atoms with Gasteiger partial charge >= 0.3 is 6.18 Å². The molecule has 5 rings (SSSR count). The Morgan fingerprint density at radius 3 is 2.61 bits per heavy atom. The van der Waals surface area contributed by atoms with Crippen LogP contribution in [-0.2, 0) is 6.54 Å². The van der Waals surface area contributed by atoms with Crippen LogP contribution in [0.5, 0.6) is 5.75 Å². The predicted molar refractivity (Wildman–Crippen MR) is 116 cm³/mol. The maximum absolute atomic E-state index is 13.2. The Morgan fingerprint density at radius 1 is 1.12 bits per heavy atom. The Hall–Kier alpha value is -1.84. The highest BCUT2D eigenvalue weighted by Crippen LogP contribution is 2.40. The molecule has 1 aromatic rings. The first-order chi connectivity index (χ1) is 15.7. The van der Waals surface area contributed by atoms with Crippen molar-refractivity contribution in [3.8, 4) is 5.75 Å². The van der Waals surface area contributed by atoms with E-state index in [2.05, 4.69) is 5.32 Å². The Balaban J connectivity index is 1.23. The van der Waals surface area contributed by atoms with Crippen LogP contribution in [0.2, 0.25) is 0 Å². The number of carbonyl (C=O) groups is 1. The van der Waals surface area contributed by atoms with Crippen LogP contribution in [-0.4, -0.2) is 77.0 Å². The van der Waals surface area contributed by atoms with E-state index >= 15 is 0 Å². The van der Waals surface area contributed by atoms with Crippen LogP contribution in [0.1, 0.15) is 60.9 Å². The van der Waals surface area contributed by atoms with Crippen molar-refractivity contribution in [3.63, 3.8) is 0 Å². The lowest BCUT2D eigenvalue weighted by atomic mass is 9.89. The van der Waals surface area contributed by atoms with Gasteiger partial charge in [0.1, 0.15) is 11.9 Å². The highest BCUT2D eigenvalue weighted by molar-refractivity contribution is 5.98. The fourth-order valence-corrected chi connectivity index (χ4v) is 5.93. The third-order valence-corrected chi connectivity index (χ3v) is 7.95. The maximum Gasteiger partial charge on any atom is 0.417 e. The van der Waals surface area contributed by atoms with E-state index in [0.717, 1.165) is 56.3 Å². The standard InChI is InChI=1S/C24H32F3N3O3/c25-24(26,27)23(32)8-11-29(12-9-23)20-4-1-5-21(20)33-18-6-7-19-16(13-18)15-30(22(19)31)17-3-2-10-28-14-17/h6-7,13,17,20-21,28,32H,1-5,8-12,14-15H2. The third-order valence-electron chi connectivity index (χ3n) is 7.95. The van der Waals surface area contributed by atoms with E-state index in [9.17, 15) is 23.1 Å². The number of amides is 1. The first kappa shape index (κ1) is 22.9. The number of likely N-dealkylation sites (tertiary alicyclic amines) is 1. The summed E-state index contributed by atoms with van der Waals surface area (Å²) >= 11 is 0. The molecular formula is C24H32F3N3O3. The number of rotatable bonds is 4. The minimum Gasteiger partial charge on any atom is -0.489 e. The fourth-order valence-electron chi connectivity index (χ4n) is 5.93. The summed E-state index contributed by atoms with van der Waals surface area (Å²) in [6, 6.07) is 5.90. The van der Waals surface area contributed by atoms with Gasteiger partial charge in [-0.2, -0.15) is 13.2 Å². The van der Waals surface area contributed by atoms with Crippen molar-refractivity contribution in [1.29, 1.82) is 0 Å². The molecule has 0 spiro atoms. The number of piperidine rings is 2. The largest absolute Gasteiger partial charge is 0.489 e. The molecule has 3 fully saturated rings. The number of halogens is 3. The minimum absolute atomic E-state index is 0.0440. The molecule has 3 unspecified atom stereocenters. The molecule has 1 amide bonds. The summed E-state index contributed by atoms with van der Waals surface area (Å²) in [6.45, 7) is 2.84. The van der Waals surface area contributed by atoms with E-state index in [1.807, 2.05) is 28.0 Å². The number of carbonyl (C=O) groups excluding carboxylic acids is 1. The Kier molecular flexibility index (Phi) is 6.07. The summed E-state index contributed by atoms with van der Waals surface area (Å²) in [4.78, 5) is 16.9. The normalized spacial score (nSPS) is 30.5. The molecule has 2 saturated heterocycles. The summed E-state index contributed by atoms with van der Waals surface area (Å²) in [5.41, 5.74) is -0.866. The van der Waals surface area contributed by atoms with Crippen molar-refractivity contribution in [2.45, 2.75) is 81.5 Å². The molecule has 1 aromatic carbocycles. The van der Waals surface area contributed by atoms with Crippen LogP contribution < -0.4 is 10.1 Å². The van der Waals surface area contributed by atoms with Gasteiger partial charge in [0.15, 0.2) is 5.60 Å². The maximum atomic E-state index is 13.2. The fraction of sp³-hybridized carbons (Fsp3) is 0.708. The van der Waals surface area contributed by atoms with Crippen LogP contribution in [0.4, 0.5) is 13.2 Å². The van der Waals surface area contributed by atoms with Gasteiger partial charge < -0.3 is 20.1 Å². The summed E-state index contributed by atoms with van der Waals surface area (Å²) in [7, 11) is 0. The van der Waals surface area contributed by atoms with Crippen LogP contribution in [0, 0.1) is 0 Å². The number of alkyl halides is 3. The molecule has 3 heterocycles. The lowest BCUT2D eigenvalue weighted by molar-refractivity contribution is -0.274. The molecule has 1 saturated carbocycles. The molecule has 2 N–H and O–H groups in total. The second kappa shape index (κ2) is 8.74. The number of hydrogen-bond acceptors (Lipinski definition) is 5. The number of fused-ring (bicyclic) bond motifs is 1. The molecular weight excluding hydrogens is 435 g/mol. The third kappa shape index (κ3) is 4.35. The predicted octanol–water partition coefficient (Wildman–Crippen LogP) is 3.08. The van der Waals surface area contributed by atoms with Crippen molar-refractivity contribution in [2.75, 3.05) is 26.2 Å². The average molecular weight is 468 g/mol. The lowest BCUT2D eigenvalue weighted by Gasteiger charge is -2.42. The van der Waals surface area contributed by atoms with E-state index in [1.165, 1.54) is 0 Å². The molecule has 33 heavy (non-hydrogen) atoms. The van der Waals surface area contributed by atoms with Gasteiger partial charge in [-0.3, -0.25) is 9.69 Å². The SMILES string of the molecule is O=C1c2ccc(OC3CCCC3N3CCC(O)(C(F)(F)F)CC3)cc2CN1C1CCCNC1. The zero-order chi connectivity index (χ0) is 23.2. The number of benzene rings is 1. The number of hydrogen-bond donors (Lipinski definition) is 2. The van der Waals surface area contributed by atoms with Crippen molar-refractivity contribution in [2.24, 2.45) is 0 Å². The Bertz CT molecular complexity index is 879. The van der Waals surface area contributed by atoms with E-state index < -0.39 is 11.8 Å². The molecule has 6 nitrogen and oxygen atoms in total. The number of nitrogens with one attached hydrogen (secondary N) is 1. The van der Waals surface area contributed by atoms with Crippen LogP contribution in [0.3, 0.4) is 0 Å². The summed E-state index contributed by atoms with van der Waals surface area (Å²) < 4.78 is 45.8. The molecule has 1 aliphatic carbocycles. The molecule has 3 aliphatic heterocycles. The van der Waals surface area contributed by atoms with Crippen molar-refractivity contribution in [1.82, 2.24) is 15.1 Å². The van der Waals surface area contributed by atoms with E-state index in [-0.39, 0.29) is 50.0 Å². The van der Waals surface area contributed by atoms with Crippen LogP contribution in [0.25, 0.3) is 0 Å². The van der Waals surface area contributed by atoms with Gasteiger partial charge in [-0.1, -0.05) is 0 Å². The van der Waals surface area contributed by atoms with Gasteiger partial charge in [-0.25, -0.2) is 0 Å². The molecule has 0 radical (unpaired) electrons. The van der Waals surface area contributed by atoms with E-state index in [4.69, 9.17) is 4.74 Å². The van der Waals surface area contributed by atoms with Gasteiger partial charge in [0.2, 0.25) is 0 Å². The topological polar surface area (TPSA) is 65.0 Å². The van der Waals surface area contributed by atoms with E-state index in [1.54, 1.807) is 0 Å². The van der Waals surface area contributed by atoms with Gasteiger partial charge in [0.25, 0.3) is 5.91 Å². The van der Waals surface area contributed by atoms with Gasteiger partial charge in [-0.15, -0.1) is 0 Å². The van der Waals surface area contributed by atoms with Crippen molar-refractivity contribution >= 4 is 5.91 Å². The Morgan fingerprint density at radius 2 is 1.91 bits per heavy atom. The first-order valence-electron chi connectivity index (χ1n) is 12.1. The summed E-state index contributed by atoms with van der Waals surface area (Å²) in [6.07, 6.45) is -0.523. The van der Waals surface area contributed by atoms with Crippen molar-refractivity contribution < 1.29 is 27.8 Å². The zero-order valence-electron chi connectivity index (χ0n) is 18.7. The molecule has 4 aliphatic rings. The van der Waals surface area contributed by atoms with E-state index in [0.29, 0.717) is 12.3 Å². The minimum atomic E-state index is -4.59. The lowest BCUT2D eigenvalue weighted by Crippen LogP contribution is -2.56. The quantitative estimate of drug-likeness (QED) is 0.713. The summed E-state index contributed by atoms with van der Waals surface area (Å²) in [5.74, 6) is 0.792. The highest BCUT2D eigenvalue weighted by atomic mass is 19.4. The number of nitrogens with zero attached hydrogens (tertiary/aromatic N) is 2. The Labute approximate surface area is 192 Å². The molecule has 9 heteroatoms. The average Bonchev–Trinajstić information content (AvgIpc) is 3.38. The molecule has 182 valence electrons. The summed E-state index contributed by atoms with van der Waals surface area (Å²) in [5, 5.41) is 13.3. The van der Waals surface area contributed by atoms with Crippen molar-refractivity contribution in [3.05, 3.63) is 29.3 Å². The number of aliphatic hydroxyl groups is 1. The first-order valence-corrected chi connectivity index (χ1v) is 12.1. The molecule has 3 atom stereocenters. The monoisotopic (exact) mass is 467 g/mol. The van der Waals surface area contributed by atoms with Crippen LogP contribution in [0.15, 0.2) is 18.2 Å². The van der Waals surface area contributed by atoms with Crippen LogP contribution >= 0.6 is 0 Å². The van der Waals surface area contributed by atoms with Gasteiger partial charge in [0, 0.05) is 43.8 Å². The molecule has 0 bridgehead atoms. The smallest absolute Gasteiger partial charge is 0.417 e. The van der Waals surface area contributed by atoms with Gasteiger partial charge in [-0.05, 0) is 75.3 Å².